The van der Waals surface area contributed by atoms with Crippen LogP contribution in [0.4, 0.5) is 5.82 Å². The van der Waals surface area contributed by atoms with Crippen LogP contribution in [-0.4, -0.2) is 77.9 Å². The number of rotatable bonds is 10. The minimum Gasteiger partial charge on any atom is -0.491 e. The number of benzene rings is 2. The number of carbonyl (C=O) groups is 1. The van der Waals surface area contributed by atoms with Crippen LogP contribution in [0.15, 0.2) is 65.2 Å². The van der Waals surface area contributed by atoms with Crippen LogP contribution in [0.3, 0.4) is 0 Å². The first kappa shape index (κ1) is 23.7. The molecular formula is C25H30N4O5. The first-order chi connectivity index (χ1) is 16.5. The standard InChI is InChI=1S/C25H30N4O5/c1-19-15-24(27-34-19)26-25(31)17-29-13-11-28(12-14-29)16-20(30)18-32-21-7-9-23(10-8-21)33-22-5-3-2-4-6-22/h2-10,15,20,30H,11-14,16-18H2,1H3,(H,26,27,31). The SMILES string of the molecule is Cc1cc(NC(=O)CN2CCN(CC(O)COc3ccc(Oc4ccccc4)cc3)CC2)no1. The molecule has 9 nitrogen and oxygen atoms in total. The van der Waals surface area contributed by atoms with Gasteiger partial charge < -0.3 is 24.4 Å². The predicted molar refractivity (Wildman–Crippen MR) is 127 cm³/mol. The molecule has 9 heteroatoms. The van der Waals surface area contributed by atoms with Gasteiger partial charge in [0, 0.05) is 38.8 Å². The predicted octanol–water partition coefficient (Wildman–Crippen LogP) is 2.77. The second-order valence-corrected chi connectivity index (χ2v) is 8.30. The van der Waals surface area contributed by atoms with Crippen LogP contribution in [0, 0.1) is 6.92 Å². The summed E-state index contributed by atoms with van der Waals surface area (Å²) in [7, 11) is 0. The van der Waals surface area contributed by atoms with Gasteiger partial charge in [-0.2, -0.15) is 0 Å². The number of ether oxygens (including phenoxy) is 2. The average molecular weight is 467 g/mol. The number of carbonyl (C=O) groups excluding carboxylic acids is 1. The fourth-order valence-electron chi connectivity index (χ4n) is 3.71. The highest BCUT2D eigenvalue weighted by Gasteiger charge is 2.21. The van der Waals surface area contributed by atoms with Gasteiger partial charge in [0.15, 0.2) is 5.82 Å². The van der Waals surface area contributed by atoms with Gasteiger partial charge in [-0.15, -0.1) is 0 Å². The van der Waals surface area contributed by atoms with E-state index in [0.717, 1.165) is 37.7 Å². The van der Waals surface area contributed by atoms with Crippen LogP contribution in [0.2, 0.25) is 0 Å². The third-order valence-corrected chi connectivity index (χ3v) is 5.44. The van der Waals surface area contributed by atoms with E-state index in [4.69, 9.17) is 14.0 Å². The van der Waals surface area contributed by atoms with Crippen LogP contribution < -0.4 is 14.8 Å². The van der Waals surface area contributed by atoms with Gasteiger partial charge in [-0.25, -0.2) is 0 Å². The Labute approximate surface area is 198 Å². The van der Waals surface area contributed by atoms with Crippen molar-refractivity contribution in [3.05, 3.63) is 66.4 Å². The number of piperazine rings is 1. The van der Waals surface area contributed by atoms with Crippen LogP contribution in [0.1, 0.15) is 5.76 Å². The molecule has 0 radical (unpaired) electrons. The molecule has 0 saturated carbocycles. The van der Waals surface area contributed by atoms with Crippen molar-refractivity contribution in [2.45, 2.75) is 13.0 Å². The molecule has 2 heterocycles. The number of hydrogen-bond donors (Lipinski definition) is 2. The second kappa shape index (κ2) is 11.6. The molecule has 1 unspecified atom stereocenters. The lowest BCUT2D eigenvalue weighted by Gasteiger charge is -2.35. The lowest BCUT2D eigenvalue weighted by atomic mass is 10.2. The molecule has 1 amide bonds. The van der Waals surface area contributed by atoms with Crippen LogP contribution >= 0.6 is 0 Å². The number of nitrogens with zero attached hydrogens (tertiary/aromatic N) is 3. The molecule has 3 aromatic rings. The van der Waals surface area contributed by atoms with Gasteiger partial charge in [-0.05, 0) is 43.3 Å². The third kappa shape index (κ3) is 7.31. The van der Waals surface area contributed by atoms with E-state index in [-0.39, 0.29) is 12.5 Å². The van der Waals surface area contributed by atoms with E-state index in [1.54, 1.807) is 13.0 Å². The zero-order chi connectivity index (χ0) is 23.8. The summed E-state index contributed by atoms with van der Waals surface area (Å²) in [4.78, 5) is 16.4. The Kier molecular flexibility index (Phi) is 8.13. The highest BCUT2D eigenvalue weighted by Crippen LogP contribution is 2.23. The molecule has 180 valence electrons. The Morgan fingerprint density at radius 1 is 1.03 bits per heavy atom. The maximum atomic E-state index is 12.2. The van der Waals surface area contributed by atoms with Crippen molar-refractivity contribution in [1.82, 2.24) is 15.0 Å². The van der Waals surface area contributed by atoms with E-state index in [0.29, 0.717) is 30.4 Å². The van der Waals surface area contributed by atoms with E-state index in [9.17, 15) is 9.90 Å². The summed E-state index contributed by atoms with van der Waals surface area (Å²) in [6.07, 6.45) is -0.606. The zero-order valence-corrected chi connectivity index (χ0v) is 19.2. The summed E-state index contributed by atoms with van der Waals surface area (Å²) in [5, 5.41) is 16.9. The fraction of sp³-hybridized carbons (Fsp3) is 0.360. The summed E-state index contributed by atoms with van der Waals surface area (Å²) >= 11 is 0. The number of aryl methyl sites for hydroxylation is 1. The molecule has 1 aliphatic heterocycles. The van der Waals surface area contributed by atoms with Crippen molar-refractivity contribution >= 4 is 11.7 Å². The fourth-order valence-corrected chi connectivity index (χ4v) is 3.71. The molecule has 34 heavy (non-hydrogen) atoms. The number of amides is 1. The number of para-hydroxylation sites is 1. The maximum absolute atomic E-state index is 12.2. The maximum Gasteiger partial charge on any atom is 0.239 e. The minimum absolute atomic E-state index is 0.115. The Morgan fingerprint density at radius 2 is 1.68 bits per heavy atom. The lowest BCUT2D eigenvalue weighted by molar-refractivity contribution is -0.117. The number of aliphatic hydroxyl groups is 1. The number of aliphatic hydroxyl groups excluding tert-OH is 1. The molecular weight excluding hydrogens is 436 g/mol. The molecule has 1 atom stereocenters. The first-order valence-electron chi connectivity index (χ1n) is 11.4. The molecule has 1 saturated heterocycles. The number of aromatic nitrogens is 1. The number of nitrogens with one attached hydrogen (secondary N) is 1. The smallest absolute Gasteiger partial charge is 0.239 e. The van der Waals surface area contributed by atoms with Crippen molar-refractivity contribution in [2.75, 3.05) is 51.2 Å². The molecule has 1 fully saturated rings. The van der Waals surface area contributed by atoms with E-state index >= 15 is 0 Å². The summed E-state index contributed by atoms with van der Waals surface area (Å²) in [5.74, 6) is 3.15. The molecule has 0 spiro atoms. The van der Waals surface area contributed by atoms with E-state index < -0.39 is 6.10 Å². The van der Waals surface area contributed by atoms with Crippen molar-refractivity contribution < 1.29 is 23.9 Å². The van der Waals surface area contributed by atoms with Gasteiger partial charge in [-0.1, -0.05) is 23.4 Å². The van der Waals surface area contributed by atoms with E-state index in [1.807, 2.05) is 54.6 Å². The summed E-state index contributed by atoms with van der Waals surface area (Å²) in [6, 6.07) is 18.6. The Bertz CT molecular complexity index is 1030. The largest absolute Gasteiger partial charge is 0.491 e. The Hall–Kier alpha value is -3.40. The Morgan fingerprint density at radius 3 is 2.35 bits per heavy atom. The van der Waals surface area contributed by atoms with Crippen molar-refractivity contribution in [3.63, 3.8) is 0 Å². The van der Waals surface area contributed by atoms with Gasteiger partial charge in [0.2, 0.25) is 5.91 Å². The topological polar surface area (TPSA) is 100 Å². The van der Waals surface area contributed by atoms with E-state index in [1.165, 1.54) is 0 Å². The molecule has 2 N–H and O–H groups in total. The number of hydrogen-bond acceptors (Lipinski definition) is 8. The summed E-state index contributed by atoms with van der Waals surface area (Å²) in [5.41, 5.74) is 0. The van der Waals surface area contributed by atoms with Crippen molar-refractivity contribution in [1.29, 1.82) is 0 Å². The third-order valence-electron chi connectivity index (χ3n) is 5.44. The average Bonchev–Trinajstić information content (AvgIpc) is 3.25. The highest BCUT2D eigenvalue weighted by atomic mass is 16.5. The number of β-amino-alcohol motifs (C(OH)–C–C–N with tert-alkyl or cyclic N) is 1. The normalized spacial score (nSPS) is 15.6. The monoisotopic (exact) mass is 466 g/mol. The second-order valence-electron chi connectivity index (χ2n) is 8.30. The Balaban J connectivity index is 1.12. The first-order valence-corrected chi connectivity index (χ1v) is 11.4. The van der Waals surface area contributed by atoms with Crippen LogP contribution in [0.5, 0.6) is 17.2 Å². The van der Waals surface area contributed by atoms with Crippen molar-refractivity contribution in [2.24, 2.45) is 0 Å². The van der Waals surface area contributed by atoms with Crippen molar-refractivity contribution in [3.8, 4) is 17.2 Å². The molecule has 1 aromatic heterocycles. The molecule has 1 aliphatic rings. The summed E-state index contributed by atoms with van der Waals surface area (Å²) < 4.78 is 16.5. The van der Waals surface area contributed by atoms with Gasteiger partial charge in [0.05, 0.1) is 6.54 Å². The van der Waals surface area contributed by atoms with E-state index in [2.05, 4.69) is 20.3 Å². The van der Waals surface area contributed by atoms with Gasteiger partial charge >= 0.3 is 0 Å². The quantitative estimate of drug-likeness (QED) is 0.471. The van der Waals surface area contributed by atoms with Gasteiger partial charge in [0.1, 0.15) is 35.7 Å². The zero-order valence-electron chi connectivity index (χ0n) is 19.2. The summed E-state index contributed by atoms with van der Waals surface area (Å²) in [6.45, 7) is 5.86. The minimum atomic E-state index is -0.606. The number of anilines is 1. The molecule has 2 aromatic carbocycles. The van der Waals surface area contributed by atoms with Gasteiger partial charge in [0.25, 0.3) is 0 Å². The van der Waals surface area contributed by atoms with Crippen LogP contribution in [0.25, 0.3) is 0 Å². The molecule has 0 aliphatic carbocycles. The highest BCUT2D eigenvalue weighted by molar-refractivity contribution is 5.91. The molecule has 4 rings (SSSR count). The lowest BCUT2D eigenvalue weighted by Crippen LogP contribution is -2.50. The molecule has 0 bridgehead atoms. The van der Waals surface area contributed by atoms with Gasteiger partial charge in [-0.3, -0.25) is 14.6 Å². The van der Waals surface area contributed by atoms with Crippen LogP contribution in [-0.2, 0) is 4.79 Å².